The summed E-state index contributed by atoms with van der Waals surface area (Å²) in [5.41, 5.74) is 3.58. The average molecular weight is 294 g/mol. The molecule has 104 valence electrons. The van der Waals surface area contributed by atoms with E-state index in [4.69, 9.17) is 0 Å². The minimum atomic E-state index is 0.126. The van der Waals surface area contributed by atoms with Crippen LogP contribution in [0.1, 0.15) is 11.1 Å². The zero-order valence-electron chi connectivity index (χ0n) is 11.4. The fourth-order valence-electron chi connectivity index (χ4n) is 2.15. The normalized spacial score (nSPS) is 19.1. The highest BCUT2D eigenvalue weighted by atomic mass is 32.2. The SMILES string of the molecule is O=C1C(=Cc2cccnc2)CSCC1=Cc1cccnc1. The second kappa shape index (κ2) is 6.50. The van der Waals surface area contributed by atoms with Crippen molar-refractivity contribution in [3.8, 4) is 0 Å². The van der Waals surface area contributed by atoms with Crippen LogP contribution in [0.4, 0.5) is 0 Å². The van der Waals surface area contributed by atoms with Crippen LogP contribution in [0, 0.1) is 0 Å². The third-order valence-corrected chi connectivity index (χ3v) is 4.18. The Bertz CT molecular complexity index is 634. The predicted octanol–water partition coefficient (Wildman–Crippen LogP) is 3.26. The Morgan fingerprint density at radius 3 is 1.86 bits per heavy atom. The predicted molar refractivity (Wildman–Crippen MR) is 86.8 cm³/mol. The van der Waals surface area contributed by atoms with Gasteiger partial charge in [0.25, 0.3) is 0 Å². The van der Waals surface area contributed by atoms with Crippen LogP contribution >= 0.6 is 11.8 Å². The Morgan fingerprint density at radius 2 is 1.43 bits per heavy atom. The Hall–Kier alpha value is -2.20. The number of ketones is 1. The Labute approximate surface area is 127 Å². The molecule has 0 unspecified atom stereocenters. The lowest BCUT2D eigenvalue weighted by molar-refractivity contribution is -0.112. The number of hydrogen-bond acceptors (Lipinski definition) is 4. The fraction of sp³-hybridized carbons (Fsp3) is 0.118. The van der Waals surface area contributed by atoms with Crippen LogP contribution in [0.2, 0.25) is 0 Å². The minimum absolute atomic E-state index is 0.126. The Kier molecular flexibility index (Phi) is 4.26. The topological polar surface area (TPSA) is 42.9 Å². The van der Waals surface area contributed by atoms with Gasteiger partial charge in [0, 0.05) is 47.4 Å². The number of nitrogens with zero attached hydrogens (tertiary/aromatic N) is 2. The van der Waals surface area contributed by atoms with E-state index in [0.29, 0.717) is 0 Å². The Morgan fingerprint density at radius 1 is 0.905 bits per heavy atom. The van der Waals surface area contributed by atoms with Gasteiger partial charge in [0.1, 0.15) is 0 Å². The molecule has 0 spiro atoms. The lowest BCUT2D eigenvalue weighted by Gasteiger charge is -2.16. The number of carbonyl (C=O) groups is 1. The van der Waals surface area contributed by atoms with Gasteiger partial charge in [-0.3, -0.25) is 14.8 Å². The maximum atomic E-state index is 12.5. The van der Waals surface area contributed by atoms with E-state index in [1.807, 2.05) is 36.4 Å². The van der Waals surface area contributed by atoms with Crippen LogP contribution in [-0.2, 0) is 4.79 Å². The van der Waals surface area contributed by atoms with Crippen LogP contribution in [0.3, 0.4) is 0 Å². The third-order valence-electron chi connectivity index (χ3n) is 3.15. The molecule has 0 aliphatic carbocycles. The highest BCUT2D eigenvalue weighted by Crippen LogP contribution is 2.26. The molecular formula is C17H14N2OS. The summed E-state index contributed by atoms with van der Waals surface area (Å²) in [4.78, 5) is 20.7. The first-order valence-electron chi connectivity index (χ1n) is 6.66. The van der Waals surface area contributed by atoms with Gasteiger partial charge in [-0.05, 0) is 35.4 Å². The van der Waals surface area contributed by atoms with E-state index in [1.165, 1.54) is 0 Å². The number of aromatic nitrogens is 2. The summed E-state index contributed by atoms with van der Waals surface area (Å²) in [6, 6.07) is 7.66. The smallest absolute Gasteiger partial charge is 0.186 e. The third kappa shape index (κ3) is 3.47. The first-order valence-corrected chi connectivity index (χ1v) is 7.82. The van der Waals surface area contributed by atoms with Crippen LogP contribution < -0.4 is 0 Å². The number of rotatable bonds is 2. The number of pyridine rings is 2. The molecule has 0 bridgehead atoms. The molecule has 3 rings (SSSR count). The molecule has 2 aromatic rings. The number of thioether (sulfide) groups is 1. The molecule has 2 aromatic heterocycles. The Balaban J connectivity index is 1.88. The first-order chi connectivity index (χ1) is 10.3. The number of Topliss-reactive ketones (excluding diaryl/α,β-unsaturated/α-hetero) is 1. The van der Waals surface area contributed by atoms with Crippen LogP contribution in [0.15, 0.2) is 60.2 Å². The lowest BCUT2D eigenvalue weighted by atomic mass is 10.0. The van der Waals surface area contributed by atoms with Crippen molar-refractivity contribution in [2.45, 2.75) is 0 Å². The van der Waals surface area contributed by atoms with Crippen molar-refractivity contribution < 1.29 is 4.79 Å². The van der Waals surface area contributed by atoms with Crippen molar-refractivity contribution >= 4 is 29.7 Å². The molecule has 0 N–H and O–H groups in total. The molecule has 1 fully saturated rings. The second-order valence-electron chi connectivity index (χ2n) is 4.73. The van der Waals surface area contributed by atoms with Gasteiger partial charge in [-0.2, -0.15) is 11.8 Å². The molecule has 21 heavy (non-hydrogen) atoms. The summed E-state index contributed by atoms with van der Waals surface area (Å²) in [5.74, 6) is 1.62. The second-order valence-corrected chi connectivity index (χ2v) is 5.72. The maximum absolute atomic E-state index is 12.5. The molecule has 3 heterocycles. The molecular weight excluding hydrogens is 280 g/mol. The van der Waals surface area contributed by atoms with Crippen LogP contribution in [-0.4, -0.2) is 27.3 Å². The molecule has 0 atom stereocenters. The molecule has 0 aromatic carbocycles. The molecule has 0 saturated carbocycles. The van der Waals surface area contributed by atoms with Gasteiger partial charge in [0.15, 0.2) is 5.78 Å². The van der Waals surface area contributed by atoms with E-state index in [2.05, 4.69) is 9.97 Å². The van der Waals surface area contributed by atoms with E-state index in [0.717, 1.165) is 33.8 Å². The molecule has 1 aliphatic rings. The summed E-state index contributed by atoms with van der Waals surface area (Å²) >= 11 is 1.76. The van der Waals surface area contributed by atoms with Gasteiger partial charge >= 0.3 is 0 Å². The van der Waals surface area contributed by atoms with E-state index < -0.39 is 0 Å². The number of hydrogen-bond donors (Lipinski definition) is 0. The van der Waals surface area contributed by atoms with Crippen molar-refractivity contribution in [2.75, 3.05) is 11.5 Å². The zero-order valence-corrected chi connectivity index (χ0v) is 12.2. The lowest BCUT2D eigenvalue weighted by Crippen LogP contribution is -2.16. The van der Waals surface area contributed by atoms with Gasteiger partial charge in [-0.25, -0.2) is 0 Å². The van der Waals surface area contributed by atoms with Crippen LogP contribution in [0.5, 0.6) is 0 Å². The zero-order chi connectivity index (χ0) is 14.5. The number of carbonyl (C=O) groups excluding carboxylic acids is 1. The van der Waals surface area contributed by atoms with Gasteiger partial charge in [0.05, 0.1) is 0 Å². The first kappa shape index (κ1) is 13.8. The highest BCUT2D eigenvalue weighted by Gasteiger charge is 2.20. The van der Waals surface area contributed by atoms with E-state index >= 15 is 0 Å². The summed E-state index contributed by atoms with van der Waals surface area (Å²) in [7, 11) is 0. The monoisotopic (exact) mass is 294 g/mol. The largest absolute Gasteiger partial charge is 0.289 e. The van der Waals surface area contributed by atoms with E-state index in [1.54, 1.807) is 36.5 Å². The van der Waals surface area contributed by atoms with Crippen molar-refractivity contribution in [3.05, 3.63) is 71.3 Å². The molecule has 0 radical (unpaired) electrons. The summed E-state index contributed by atoms with van der Waals surface area (Å²) in [6.45, 7) is 0. The summed E-state index contributed by atoms with van der Waals surface area (Å²) < 4.78 is 0. The average Bonchev–Trinajstić information content (AvgIpc) is 2.53. The highest BCUT2D eigenvalue weighted by molar-refractivity contribution is 7.99. The van der Waals surface area contributed by atoms with Crippen molar-refractivity contribution in [2.24, 2.45) is 0 Å². The molecule has 4 heteroatoms. The minimum Gasteiger partial charge on any atom is -0.289 e. The van der Waals surface area contributed by atoms with E-state index in [9.17, 15) is 4.79 Å². The maximum Gasteiger partial charge on any atom is 0.186 e. The van der Waals surface area contributed by atoms with Crippen molar-refractivity contribution in [1.82, 2.24) is 9.97 Å². The fourth-order valence-corrected chi connectivity index (χ4v) is 3.12. The molecule has 0 amide bonds. The van der Waals surface area contributed by atoms with Gasteiger partial charge < -0.3 is 0 Å². The summed E-state index contributed by atoms with van der Waals surface area (Å²) in [6.07, 6.45) is 10.9. The summed E-state index contributed by atoms with van der Waals surface area (Å²) in [5, 5.41) is 0. The molecule has 1 saturated heterocycles. The van der Waals surface area contributed by atoms with E-state index in [-0.39, 0.29) is 5.78 Å². The van der Waals surface area contributed by atoms with Crippen molar-refractivity contribution in [1.29, 1.82) is 0 Å². The van der Waals surface area contributed by atoms with Crippen LogP contribution in [0.25, 0.3) is 12.2 Å². The van der Waals surface area contributed by atoms with Gasteiger partial charge in [0.2, 0.25) is 0 Å². The van der Waals surface area contributed by atoms with Gasteiger partial charge in [-0.15, -0.1) is 0 Å². The molecule has 3 nitrogen and oxygen atoms in total. The molecule has 1 aliphatic heterocycles. The standard InChI is InChI=1S/C17H14N2OS/c20-17-15(7-13-3-1-5-18-9-13)11-21-12-16(17)8-14-4-2-6-19-10-14/h1-10H,11-12H2. The van der Waals surface area contributed by atoms with Crippen molar-refractivity contribution in [3.63, 3.8) is 0 Å². The quantitative estimate of drug-likeness (QED) is 0.797. The van der Waals surface area contributed by atoms with Gasteiger partial charge in [-0.1, -0.05) is 12.1 Å².